The number of ketones is 3. The highest BCUT2D eigenvalue weighted by Gasteiger charge is 2.34. The Bertz CT molecular complexity index is 4480. The van der Waals surface area contributed by atoms with Crippen molar-refractivity contribution in [2.75, 3.05) is 46.2 Å². The Morgan fingerprint density at radius 3 is 0.741 bits per heavy atom. The summed E-state index contributed by atoms with van der Waals surface area (Å²) >= 11 is 0. The third-order valence-electron chi connectivity index (χ3n) is 28.3. The van der Waals surface area contributed by atoms with Gasteiger partial charge < -0.3 is 83.9 Å². The first-order valence-electron chi connectivity index (χ1n) is 54.2. The van der Waals surface area contributed by atoms with Gasteiger partial charge in [-0.15, -0.1) is 0 Å². The second-order valence-corrected chi connectivity index (χ2v) is 41.0. The van der Waals surface area contributed by atoms with Crippen LogP contribution in [0.25, 0.3) is 0 Å². The van der Waals surface area contributed by atoms with Gasteiger partial charge in [0.2, 0.25) is 0 Å². The van der Waals surface area contributed by atoms with Crippen LogP contribution in [0.2, 0.25) is 0 Å². The number of carbonyl (C=O) groups is 3. The second-order valence-electron chi connectivity index (χ2n) is 41.0. The molecule has 139 heavy (non-hydrogen) atoms. The average Bonchev–Trinajstić information content (AvgIpc) is 1.62. The molecule has 7 aromatic rings. The topological polar surface area (TPSA) is 298 Å². The number of Topliss-reactive ketones (excluding diaryl/α,β-unsaturated/α-hetero) is 3. The first-order chi connectivity index (χ1) is 67.2. The molecule has 0 bridgehead atoms. The molecule has 0 radical (unpaired) electrons. The van der Waals surface area contributed by atoms with Gasteiger partial charge in [-0.25, -0.2) is 0 Å². The van der Waals surface area contributed by atoms with Crippen molar-refractivity contribution in [3.05, 3.63) is 209 Å². The number of ether oxygens (including phenoxy) is 7. The molecular weight excluding hydrogens is 1750 g/mol. The van der Waals surface area contributed by atoms with E-state index in [2.05, 4.69) is 27.7 Å². The molecule has 0 saturated heterocycles. The second kappa shape index (κ2) is 65.1. The van der Waals surface area contributed by atoms with Gasteiger partial charge in [-0.05, 0) is 279 Å². The molecule has 7 aliphatic rings. The largest absolute Gasteiger partial charge is 0.493 e. The fourth-order valence-electron chi connectivity index (χ4n) is 19.3. The van der Waals surface area contributed by atoms with Crippen LogP contribution in [0.4, 0.5) is 0 Å². The van der Waals surface area contributed by atoms with E-state index in [4.69, 9.17) is 33.2 Å². The molecule has 9 N–H and O–H groups in total. The van der Waals surface area contributed by atoms with Crippen LogP contribution in [0.3, 0.4) is 0 Å². The van der Waals surface area contributed by atoms with Crippen LogP contribution in [0.5, 0.6) is 40.2 Å². The predicted molar refractivity (Wildman–Crippen MR) is 558 cm³/mol. The van der Waals surface area contributed by atoms with E-state index >= 15 is 0 Å². The van der Waals surface area contributed by atoms with Crippen LogP contribution in [0.1, 0.15) is 442 Å². The van der Waals surface area contributed by atoms with Crippen molar-refractivity contribution < 1.29 is 93.5 Å². The van der Waals surface area contributed by atoms with E-state index in [0.717, 1.165) is 262 Å². The Morgan fingerprint density at radius 1 is 0.273 bits per heavy atom. The zero-order valence-electron chi connectivity index (χ0n) is 86.0. The zero-order valence-corrected chi connectivity index (χ0v) is 86.0. The molecule has 0 spiro atoms. The fourth-order valence-corrected chi connectivity index (χ4v) is 19.3. The summed E-state index contributed by atoms with van der Waals surface area (Å²) in [5.41, 5.74) is 3.24. The van der Waals surface area contributed by atoms with Gasteiger partial charge in [0, 0.05) is 30.4 Å². The Hall–Kier alpha value is -8.21. The highest BCUT2D eigenvalue weighted by molar-refractivity contribution is 5.97. The summed E-state index contributed by atoms with van der Waals surface area (Å²) in [5, 5.41) is 92.2. The van der Waals surface area contributed by atoms with E-state index in [1.54, 1.807) is 19.1 Å². The van der Waals surface area contributed by atoms with E-state index in [-0.39, 0.29) is 29.6 Å². The Balaban J connectivity index is 0.000000199. The third-order valence-corrected chi connectivity index (χ3v) is 28.3. The van der Waals surface area contributed by atoms with E-state index in [1.165, 1.54) is 116 Å². The molecule has 0 aromatic heterocycles. The van der Waals surface area contributed by atoms with Crippen molar-refractivity contribution in [3.63, 3.8) is 0 Å². The van der Waals surface area contributed by atoms with Gasteiger partial charge in [0.15, 0.2) is 11.6 Å². The Kier molecular flexibility index (Phi) is 54.4. The highest BCUT2D eigenvalue weighted by atomic mass is 16.5. The summed E-state index contributed by atoms with van der Waals surface area (Å²) < 4.78 is 40.6. The SMILES string of the molecule is CC(=O)CCCC(O)c1cccc(OCC2CCCCC2)c1.CCCC(=O)c1cccc(OCC2(O)CCCCC2)c1.CCCC(=O)c1cccc(OCC2(O)CCCCCC2)c1.CCCC(O)c1cccc(OCC2(O)CCCCC2)c1.CCCC(O)c1cccc(OCC2(O)CCCCCC2)c1.CCCC(O)c1cccc(OCC2CCC2)c1.CCCC(O)c1cccc(OCC2CCCC2)c1. The monoisotopic (exact) mass is 1920 g/mol. The summed E-state index contributed by atoms with van der Waals surface area (Å²) in [6.45, 7) is 17.6. The molecule has 0 heterocycles. The van der Waals surface area contributed by atoms with E-state index in [1.807, 2.05) is 172 Å². The molecule has 7 fully saturated rings. The molecule has 772 valence electrons. The maximum atomic E-state index is 11.9. The number of aliphatic hydroxyl groups is 9. The van der Waals surface area contributed by atoms with Crippen LogP contribution in [-0.4, -0.2) is 132 Å². The number of rotatable bonds is 44. The van der Waals surface area contributed by atoms with Crippen LogP contribution in [0.15, 0.2) is 170 Å². The van der Waals surface area contributed by atoms with Gasteiger partial charge in [0.25, 0.3) is 0 Å². The molecule has 14 rings (SSSR count). The molecule has 0 amide bonds. The predicted octanol–water partition coefficient (Wildman–Crippen LogP) is 27.7. The summed E-state index contributed by atoms with van der Waals surface area (Å²) in [5.74, 6) is 8.08. The number of carbonyl (C=O) groups excluding carboxylic acids is 3. The Labute approximate surface area is 835 Å². The summed E-state index contributed by atoms with van der Waals surface area (Å²) in [6.07, 6.45) is 47.8. The minimum Gasteiger partial charge on any atom is -0.493 e. The summed E-state index contributed by atoms with van der Waals surface area (Å²) in [4.78, 5) is 34.7. The van der Waals surface area contributed by atoms with Gasteiger partial charge in [0.1, 0.15) is 72.5 Å². The molecule has 19 nitrogen and oxygen atoms in total. The number of aliphatic hydroxyl groups excluding tert-OH is 5. The average molecular weight is 1920 g/mol. The van der Waals surface area contributed by atoms with Crippen LogP contribution in [-0.2, 0) is 4.79 Å². The molecule has 7 aliphatic carbocycles. The van der Waals surface area contributed by atoms with Crippen LogP contribution in [0, 0.1) is 17.8 Å². The lowest BCUT2D eigenvalue weighted by Gasteiger charge is -2.31. The highest BCUT2D eigenvalue weighted by Crippen LogP contribution is 2.38. The molecule has 7 saturated carbocycles. The van der Waals surface area contributed by atoms with Crippen molar-refractivity contribution in [1.82, 2.24) is 0 Å². The standard InChI is InChI=1S/C19H28O3.C18H28O3.C18H26O3.C17H26O3.C17H24O3.C16H24O2.C15H22O2/c1-15(20)7-5-12-19(21)17-10-6-11-18(13-17)22-14-16-8-3-2-4-9-16;2*1-2-8-17(19)15-9-7-10-16(13-15)21-14-18(20)11-5-3-4-6-12-18;2*1-2-7-16(18)14-8-6-9-15(12-14)20-13-17(19)10-4-3-5-11-17;1-2-6-16(17)14-9-5-10-15(11-14)18-12-13-7-3-4-8-13;1-2-5-15(16)13-8-4-9-14(10-13)17-11-12-6-3-7-12/h6,10-11,13,16,19,21H,2-5,7-9,12,14H2,1H3;7,9-10,13,17,19-20H,2-6,8,11-12,14H2,1H3;7,9-10,13,20H,2-6,8,11-12,14H2,1H3;6,8-9,12,16,18-19H,2-5,7,10-11,13H2,1H3;6,8-9,12,19H,2-5,7,10-11,13H2,1H3;5,9-11,13,16-17H,2-4,6-8,12H2,1H3;4,8-10,12,15-16H,2-3,5-7,11H2,1H3. The first-order valence-corrected chi connectivity index (χ1v) is 54.2. The van der Waals surface area contributed by atoms with E-state index in [0.29, 0.717) is 80.7 Å². The maximum absolute atomic E-state index is 11.9. The van der Waals surface area contributed by atoms with Gasteiger partial charge in [0.05, 0.1) is 72.7 Å². The van der Waals surface area contributed by atoms with Crippen molar-refractivity contribution in [1.29, 1.82) is 0 Å². The minimum absolute atomic E-state index is 0.148. The molecule has 19 heteroatoms. The number of benzene rings is 7. The third kappa shape index (κ3) is 45.5. The molecule has 5 atom stereocenters. The molecule has 7 aromatic carbocycles. The molecule has 0 aliphatic heterocycles. The lowest BCUT2D eigenvalue weighted by molar-refractivity contribution is -0.117. The number of hydrogen-bond acceptors (Lipinski definition) is 19. The lowest BCUT2D eigenvalue weighted by atomic mass is 9.85. The number of hydrogen-bond donors (Lipinski definition) is 9. The molecule has 5 unspecified atom stereocenters. The molecular formula is C120H178O19. The normalized spacial score (nSPS) is 18.2. The van der Waals surface area contributed by atoms with E-state index < -0.39 is 40.7 Å². The first kappa shape index (κ1) is 116. The lowest BCUT2D eigenvalue weighted by Crippen LogP contribution is -2.37. The van der Waals surface area contributed by atoms with Gasteiger partial charge >= 0.3 is 0 Å². The maximum Gasteiger partial charge on any atom is 0.162 e. The summed E-state index contributed by atoms with van der Waals surface area (Å²) in [6, 6.07) is 53.3. The van der Waals surface area contributed by atoms with E-state index in [9.17, 15) is 60.3 Å². The van der Waals surface area contributed by atoms with Gasteiger partial charge in [-0.3, -0.25) is 9.59 Å². The van der Waals surface area contributed by atoms with Crippen molar-refractivity contribution in [2.45, 2.75) is 416 Å². The van der Waals surface area contributed by atoms with Crippen LogP contribution < -0.4 is 33.2 Å². The Morgan fingerprint density at radius 2 is 0.496 bits per heavy atom. The zero-order chi connectivity index (χ0) is 99.8. The quantitative estimate of drug-likeness (QED) is 0.0127. The van der Waals surface area contributed by atoms with Crippen molar-refractivity contribution >= 4 is 17.3 Å². The minimum atomic E-state index is -0.708. The van der Waals surface area contributed by atoms with Gasteiger partial charge in [-0.1, -0.05) is 281 Å². The van der Waals surface area contributed by atoms with Crippen molar-refractivity contribution in [2.24, 2.45) is 17.8 Å². The van der Waals surface area contributed by atoms with Crippen LogP contribution >= 0.6 is 0 Å². The fraction of sp³-hybridized carbons (Fsp3) is 0.625. The van der Waals surface area contributed by atoms with Gasteiger partial charge in [-0.2, -0.15) is 0 Å². The smallest absolute Gasteiger partial charge is 0.162 e. The van der Waals surface area contributed by atoms with Crippen molar-refractivity contribution in [3.8, 4) is 40.2 Å². The summed E-state index contributed by atoms with van der Waals surface area (Å²) in [7, 11) is 0.